The lowest BCUT2D eigenvalue weighted by molar-refractivity contribution is -0.112. The van der Waals surface area contributed by atoms with E-state index in [0.29, 0.717) is 5.71 Å². The fourth-order valence-corrected chi connectivity index (χ4v) is 1.03. The highest BCUT2D eigenvalue weighted by molar-refractivity contribution is 6.09. The van der Waals surface area contributed by atoms with E-state index in [1.807, 2.05) is 0 Å². The molecule has 84 valence electrons. The number of allylic oxidation sites excluding steroid dienone is 2. The number of aromatic nitrogens is 1. The van der Waals surface area contributed by atoms with Gasteiger partial charge in [0.25, 0.3) is 0 Å². The Morgan fingerprint density at radius 2 is 2.06 bits per heavy atom. The normalized spacial score (nSPS) is 12.1. The second-order valence-electron chi connectivity index (χ2n) is 3.02. The molecule has 0 bridgehead atoms. The van der Waals surface area contributed by atoms with E-state index in [1.54, 1.807) is 0 Å². The van der Waals surface area contributed by atoms with Crippen molar-refractivity contribution >= 4 is 11.5 Å². The van der Waals surface area contributed by atoms with Crippen LogP contribution in [0.25, 0.3) is 0 Å². The Labute approximate surface area is 91.5 Å². The summed E-state index contributed by atoms with van der Waals surface area (Å²) < 4.78 is 25.5. The highest BCUT2D eigenvalue weighted by Crippen LogP contribution is 2.06. The van der Waals surface area contributed by atoms with Gasteiger partial charge in [0.2, 0.25) is 5.95 Å². The molecule has 0 unspecified atom stereocenters. The minimum Gasteiger partial charge on any atom is -0.295 e. The molecule has 0 amide bonds. The van der Waals surface area contributed by atoms with Crippen molar-refractivity contribution in [2.24, 2.45) is 4.99 Å². The van der Waals surface area contributed by atoms with Gasteiger partial charge in [-0.15, -0.1) is 0 Å². The number of ketones is 1. The molecule has 1 rings (SSSR count). The molecule has 0 N–H and O–H groups in total. The average molecular weight is 224 g/mol. The largest absolute Gasteiger partial charge is 0.295 e. The van der Waals surface area contributed by atoms with E-state index in [1.165, 1.54) is 32.2 Å². The molecule has 0 saturated heterocycles. The van der Waals surface area contributed by atoms with Crippen molar-refractivity contribution in [2.45, 2.75) is 6.92 Å². The Hall–Kier alpha value is -1.91. The van der Waals surface area contributed by atoms with Crippen molar-refractivity contribution in [2.75, 3.05) is 7.05 Å². The van der Waals surface area contributed by atoms with Gasteiger partial charge in [0.05, 0.1) is 11.4 Å². The number of nitrogens with zero attached hydrogens (tertiary/aromatic N) is 2. The minimum absolute atomic E-state index is 0.163. The van der Waals surface area contributed by atoms with Gasteiger partial charge >= 0.3 is 0 Å². The molecule has 1 aromatic heterocycles. The SMILES string of the molecule is CN=C(/C=C\C(C)=O)c1ccc(F)c(F)n1. The first-order valence-electron chi connectivity index (χ1n) is 4.52. The quantitative estimate of drug-likeness (QED) is 0.447. The molecule has 3 nitrogen and oxygen atoms in total. The third kappa shape index (κ3) is 3.05. The van der Waals surface area contributed by atoms with Crippen molar-refractivity contribution < 1.29 is 13.6 Å². The summed E-state index contributed by atoms with van der Waals surface area (Å²) in [4.78, 5) is 17.9. The zero-order chi connectivity index (χ0) is 12.1. The van der Waals surface area contributed by atoms with Crippen LogP contribution in [0.15, 0.2) is 29.3 Å². The lowest BCUT2D eigenvalue weighted by Crippen LogP contribution is -2.04. The molecule has 0 spiro atoms. The fourth-order valence-electron chi connectivity index (χ4n) is 1.03. The van der Waals surface area contributed by atoms with E-state index in [0.717, 1.165) is 6.07 Å². The van der Waals surface area contributed by atoms with E-state index in [-0.39, 0.29) is 11.5 Å². The standard InChI is InChI=1S/C11H10F2N2O/c1-7(16)3-5-9(14-2)10-6-4-8(12)11(13)15-10/h3-6H,1-2H3/b5-3-,14-9?. The van der Waals surface area contributed by atoms with E-state index >= 15 is 0 Å². The maximum absolute atomic E-state index is 12.8. The van der Waals surface area contributed by atoms with Crippen LogP contribution in [0, 0.1) is 11.8 Å². The minimum atomic E-state index is -1.19. The Kier molecular flexibility index (Phi) is 3.99. The van der Waals surface area contributed by atoms with E-state index in [4.69, 9.17) is 0 Å². The Balaban J connectivity index is 3.06. The maximum Gasteiger partial charge on any atom is 0.249 e. The van der Waals surface area contributed by atoms with Crippen LogP contribution in [0.5, 0.6) is 0 Å². The van der Waals surface area contributed by atoms with Crippen LogP contribution in [0.2, 0.25) is 0 Å². The zero-order valence-corrected chi connectivity index (χ0v) is 8.87. The van der Waals surface area contributed by atoms with Crippen molar-refractivity contribution in [3.8, 4) is 0 Å². The van der Waals surface area contributed by atoms with Gasteiger partial charge in [0, 0.05) is 7.05 Å². The topological polar surface area (TPSA) is 42.3 Å². The van der Waals surface area contributed by atoms with Gasteiger partial charge in [0.15, 0.2) is 11.6 Å². The van der Waals surface area contributed by atoms with Crippen LogP contribution in [0.1, 0.15) is 12.6 Å². The van der Waals surface area contributed by atoms with Crippen molar-refractivity contribution in [3.05, 3.63) is 41.7 Å². The van der Waals surface area contributed by atoms with Crippen LogP contribution in [0.4, 0.5) is 8.78 Å². The molecule has 1 aromatic rings. The molecule has 0 fully saturated rings. The summed E-state index contributed by atoms with van der Waals surface area (Å²) in [5, 5.41) is 0. The lowest BCUT2D eigenvalue weighted by atomic mass is 10.2. The molecule has 0 aliphatic heterocycles. The molecular weight excluding hydrogens is 214 g/mol. The Morgan fingerprint density at radius 3 is 2.56 bits per heavy atom. The van der Waals surface area contributed by atoms with Gasteiger partial charge in [-0.05, 0) is 31.2 Å². The Morgan fingerprint density at radius 1 is 1.38 bits per heavy atom. The summed E-state index contributed by atoms with van der Waals surface area (Å²) in [6, 6.07) is 2.26. The number of aliphatic imine (C=N–C) groups is 1. The molecule has 0 aliphatic carbocycles. The molecule has 0 atom stereocenters. The smallest absolute Gasteiger partial charge is 0.249 e. The first kappa shape index (κ1) is 12.2. The summed E-state index contributed by atoms with van der Waals surface area (Å²) >= 11 is 0. The number of rotatable bonds is 3. The molecular formula is C11H10F2N2O. The van der Waals surface area contributed by atoms with E-state index < -0.39 is 11.8 Å². The van der Waals surface area contributed by atoms with Crippen molar-refractivity contribution in [3.63, 3.8) is 0 Å². The monoisotopic (exact) mass is 224 g/mol. The van der Waals surface area contributed by atoms with Crippen LogP contribution in [-0.4, -0.2) is 23.5 Å². The van der Waals surface area contributed by atoms with Crippen LogP contribution in [0.3, 0.4) is 0 Å². The van der Waals surface area contributed by atoms with Gasteiger partial charge < -0.3 is 0 Å². The van der Waals surface area contributed by atoms with Gasteiger partial charge in [-0.3, -0.25) is 9.79 Å². The second kappa shape index (κ2) is 5.25. The predicted octanol–water partition coefficient (Wildman–Crippen LogP) is 1.92. The van der Waals surface area contributed by atoms with Crippen molar-refractivity contribution in [1.82, 2.24) is 4.98 Å². The molecule has 1 heterocycles. The zero-order valence-electron chi connectivity index (χ0n) is 8.87. The number of hydrogen-bond acceptors (Lipinski definition) is 3. The number of carbonyl (C=O) groups is 1. The fraction of sp³-hybridized carbons (Fsp3) is 0.182. The third-order valence-corrected chi connectivity index (χ3v) is 1.78. The van der Waals surface area contributed by atoms with Crippen LogP contribution >= 0.6 is 0 Å². The third-order valence-electron chi connectivity index (χ3n) is 1.78. The molecule has 0 radical (unpaired) electrons. The first-order chi connectivity index (χ1) is 7.54. The number of hydrogen-bond donors (Lipinski definition) is 0. The molecule has 0 saturated carbocycles. The maximum atomic E-state index is 12.8. The first-order valence-corrected chi connectivity index (χ1v) is 4.52. The number of carbonyl (C=O) groups excluding carboxylic acids is 1. The summed E-state index contributed by atoms with van der Waals surface area (Å²) in [5.41, 5.74) is 0.494. The molecule has 5 heteroatoms. The van der Waals surface area contributed by atoms with Gasteiger partial charge in [-0.1, -0.05) is 0 Å². The van der Waals surface area contributed by atoms with Gasteiger partial charge in [-0.25, -0.2) is 9.37 Å². The predicted molar refractivity (Wildman–Crippen MR) is 56.4 cm³/mol. The average Bonchev–Trinajstić information content (AvgIpc) is 2.23. The van der Waals surface area contributed by atoms with E-state index in [9.17, 15) is 13.6 Å². The highest BCUT2D eigenvalue weighted by atomic mass is 19.2. The summed E-state index contributed by atoms with van der Waals surface area (Å²) in [7, 11) is 1.47. The summed E-state index contributed by atoms with van der Waals surface area (Å²) in [6.07, 6.45) is 2.69. The van der Waals surface area contributed by atoms with Gasteiger partial charge in [0.1, 0.15) is 0 Å². The molecule has 16 heavy (non-hydrogen) atoms. The van der Waals surface area contributed by atoms with Gasteiger partial charge in [-0.2, -0.15) is 4.39 Å². The Bertz CT molecular complexity index is 467. The molecule has 0 aromatic carbocycles. The summed E-state index contributed by atoms with van der Waals surface area (Å²) in [5.74, 6) is -2.37. The highest BCUT2D eigenvalue weighted by Gasteiger charge is 2.07. The van der Waals surface area contributed by atoms with Crippen LogP contribution in [-0.2, 0) is 4.79 Å². The second-order valence-corrected chi connectivity index (χ2v) is 3.02. The van der Waals surface area contributed by atoms with Crippen LogP contribution < -0.4 is 0 Å². The lowest BCUT2D eigenvalue weighted by Gasteiger charge is -2.00. The van der Waals surface area contributed by atoms with E-state index in [2.05, 4.69) is 9.98 Å². The number of halogens is 2. The molecule has 0 aliphatic rings. The van der Waals surface area contributed by atoms with Crippen molar-refractivity contribution in [1.29, 1.82) is 0 Å². The summed E-state index contributed by atoms with van der Waals surface area (Å²) in [6.45, 7) is 1.38. The number of pyridine rings is 1.